The van der Waals surface area contributed by atoms with E-state index in [1.54, 1.807) is 19.1 Å². The van der Waals surface area contributed by atoms with Crippen molar-refractivity contribution in [2.24, 2.45) is 0 Å². The molecule has 3 nitrogen and oxygen atoms in total. The van der Waals surface area contributed by atoms with Crippen molar-refractivity contribution in [3.8, 4) is 17.2 Å². The maximum atomic E-state index is 14.2. The minimum Gasteiger partial charge on any atom is -0.508 e. The zero-order chi connectivity index (χ0) is 20.0. The molecule has 0 saturated carbocycles. The number of aryl methyl sites for hydroxylation is 1. The zero-order valence-electron chi connectivity index (χ0n) is 14.7. The predicted octanol–water partition coefficient (Wildman–Crippen LogP) is 5.99. The van der Waals surface area contributed by atoms with Crippen molar-refractivity contribution >= 4 is 0 Å². The lowest BCUT2D eigenvalue weighted by molar-refractivity contribution is 0.285. The Morgan fingerprint density at radius 1 is 1.04 bits per heavy atom. The number of hydrogen-bond acceptors (Lipinski definition) is 3. The van der Waals surface area contributed by atoms with E-state index in [0.29, 0.717) is 6.42 Å². The van der Waals surface area contributed by atoms with Gasteiger partial charge < -0.3 is 14.6 Å². The highest BCUT2D eigenvalue weighted by molar-refractivity contribution is 5.41. The predicted molar refractivity (Wildman–Crippen MR) is 93.2 cm³/mol. The summed E-state index contributed by atoms with van der Waals surface area (Å²) in [4.78, 5) is 0. The van der Waals surface area contributed by atoms with Gasteiger partial charge in [0.05, 0.1) is 0 Å². The van der Waals surface area contributed by atoms with E-state index in [9.17, 15) is 22.7 Å². The Labute approximate surface area is 154 Å². The molecule has 2 rings (SSSR count). The summed E-state index contributed by atoms with van der Waals surface area (Å²) in [5.74, 6) is -9.50. The van der Waals surface area contributed by atoms with E-state index in [4.69, 9.17) is 9.47 Å². The second-order valence-electron chi connectivity index (χ2n) is 5.46. The van der Waals surface area contributed by atoms with Crippen LogP contribution < -0.4 is 9.47 Å². The van der Waals surface area contributed by atoms with Gasteiger partial charge in [0.15, 0.2) is 5.75 Å². The Kier molecular flexibility index (Phi) is 6.87. The summed E-state index contributed by atoms with van der Waals surface area (Å²) in [5.41, 5.74) is 0.821. The summed E-state index contributed by atoms with van der Waals surface area (Å²) >= 11 is 0. The topological polar surface area (TPSA) is 38.7 Å². The molecule has 0 atom stereocenters. The number of ether oxygens (including phenoxy) is 2. The van der Waals surface area contributed by atoms with E-state index in [0.717, 1.165) is 11.6 Å². The highest BCUT2D eigenvalue weighted by Crippen LogP contribution is 2.37. The SMILES string of the molecule is C/C=C\C(O)=C/COc1c(F)c(F)c(Oc2cccc(CC)c2)c(F)c1F. The highest BCUT2D eigenvalue weighted by atomic mass is 19.2. The van der Waals surface area contributed by atoms with Crippen LogP contribution in [0.2, 0.25) is 0 Å². The Hall–Kier alpha value is -2.96. The molecule has 0 aliphatic rings. The Morgan fingerprint density at radius 2 is 1.67 bits per heavy atom. The van der Waals surface area contributed by atoms with Crippen LogP contribution in [-0.2, 0) is 6.42 Å². The first kappa shape index (κ1) is 20.4. The third-order valence-electron chi connectivity index (χ3n) is 3.57. The number of rotatable bonds is 7. The molecule has 0 aromatic heterocycles. The third kappa shape index (κ3) is 4.81. The first-order valence-corrected chi connectivity index (χ1v) is 8.16. The molecule has 144 valence electrons. The third-order valence-corrected chi connectivity index (χ3v) is 3.57. The van der Waals surface area contributed by atoms with Gasteiger partial charge in [0.2, 0.25) is 29.0 Å². The second-order valence-corrected chi connectivity index (χ2v) is 5.46. The fourth-order valence-electron chi connectivity index (χ4n) is 2.20. The van der Waals surface area contributed by atoms with Crippen LogP contribution in [0.25, 0.3) is 0 Å². The molecule has 2 aromatic rings. The smallest absolute Gasteiger partial charge is 0.208 e. The standard InChI is InChI=1S/C20H18F4O3/c1-3-6-13(25)9-10-26-19-15(21)17(23)20(18(24)16(19)22)27-14-8-5-7-12(4-2)11-14/h3,5-9,11,25H,4,10H2,1-2H3/b6-3-,13-9+. The number of aliphatic hydroxyl groups is 1. The minimum absolute atomic E-state index is 0.0406. The molecule has 2 aromatic carbocycles. The molecule has 1 N–H and O–H groups in total. The summed E-state index contributed by atoms with van der Waals surface area (Å²) in [7, 11) is 0. The lowest BCUT2D eigenvalue weighted by atomic mass is 10.2. The summed E-state index contributed by atoms with van der Waals surface area (Å²) in [5, 5.41) is 9.36. The van der Waals surface area contributed by atoms with Crippen LogP contribution in [0.5, 0.6) is 17.2 Å². The maximum Gasteiger partial charge on any atom is 0.208 e. The lowest BCUT2D eigenvalue weighted by Gasteiger charge is -2.13. The van der Waals surface area contributed by atoms with E-state index in [-0.39, 0.29) is 11.5 Å². The van der Waals surface area contributed by atoms with Gasteiger partial charge in [0.25, 0.3) is 0 Å². The zero-order valence-corrected chi connectivity index (χ0v) is 14.7. The number of hydrogen-bond donors (Lipinski definition) is 1. The van der Waals surface area contributed by atoms with E-state index < -0.39 is 41.4 Å². The van der Waals surface area contributed by atoms with Gasteiger partial charge in [0.1, 0.15) is 18.1 Å². The fraction of sp³-hybridized carbons (Fsp3) is 0.200. The van der Waals surface area contributed by atoms with Crippen molar-refractivity contribution in [1.29, 1.82) is 0 Å². The molecule has 0 aliphatic heterocycles. The van der Waals surface area contributed by atoms with Crippen molar-refractivity contribution < 1.29 is 32.1 Å². The van der Waals surface area contributed by atoms with Crippen LogP contribution in [0.1, 0.15) is 19.4 Å². The monoisotopic (exact) mass is 382 g/mol. The summed E-state index contributed by atoms with van der Waals surface area (Å²) in [6, 6.07) is 6.28. The van der Waals surface area contributed by atoms with Crippen molar-refractivity contribution in [3.63, 3.8) is 0 Å². The normalized spacial score (nSPS) is 11.9. The van der Waals surface area contributed by atoms with Crippen LogP contribution in [0.4, 0.5) is 17.6 Å². The van der Waals surface area contributed by atoms with Crippen molar-refractivity contribution in [3.05, 3.63) is 77.1 Å². The van der Waals surface area contributed by atoms with Crippen molar-refractivity contribution in [2.75, 3.05) is 6.61 Å². The lowest BCUT2D eigenvalue weighted by Crippen LogP contribution is -2.06. The number of halogens is 4. The van der Waals surface area contributed by atoms with Crippen LogP contribution in [0, 0.1) is 23.3 Å². The van der Waals surface area contributed by atoms with Gasteiger partial charge in [-0.15, -0.1) is 0 Å². The van der Waals surface area contributed by atoms with Crippen LogP contribution in [0.3, 0.4) is 0 Å². The molecular weight excluding hydrogens is 364 g/mol. The second kappa shape index (κ2) is 9.12. The molecule has 0 heterocycles. The minimum atomic E-state index is -1.73. The van der Waals surface area contributed by atoms with E-state index in [1.807, 2.05) is 6.92 Å². The highest BCUT2D eigenvalue weighted by Gasteiger charge is 2.28. The molecule has 0 fully saturated rings. The molecule has 0 saturated heterocycles. The maximum absolute atomic E-state index is 14.2. The molecule has 0 radical (unpaired) electrons. The largest absolute Gasteiger partial charge is 0.508 e. The summed E-state index contributed by atoms with van der Waals surface area (Å²) in [6.45, 7) is 3.01. The van der Waals surface area contributed by atoms with Gasteiger partial charge in [-0.1, -0.05) is 25.1 Å². The average molecular weight is 382 g/mol. The molecule has 0 spiro atoms. The van der Waals surface area contributed by atoms with Gasteiger partial charge in [-0.05, 0) is 43.2 Å². The van der Waals surface area contributed by atoms with Crippen molar-refractivity contribution in [1.82, 2.24) is 0 Å². The van der Waals surface area contributed by atoms with E-state index >= 15 is 0 Å². The molecule has 7 heteroatoms. The molecule has 0 amide bonds. The quantitative estimate of drug-likeness (QED) is 0.276. The van der Waals surface area contributed by atoms with Gasteiger partial charge in [-0.3, -0.25) is 0 Å². The van der Waals surface area contributed by atoms with Gasteiger partial charge in [-0.2, -0.15) is 17.6 Å². The Morgan fingerprint density at radius 3 is 2.26 bits per heavy atom. The van der Waals surface area contributed by atoms with Crippen LogP contribution in [0.15, 0.2) is 48.3 Å². The molecule has 0 bridgehead atoms. The van der Waals surface area contributed by atoms with E-state index in [1.165, 1.54) is 24.3 Å². The van der Waals surface area contributed by atoms with Gasteiger partial charge in [-0.25, -0.2) is 0 Å². The fourth-order valence-corrected chi connectivity index (χ4v) is 2.20. The number of benzene rings is 2. The number of aliphatic hydroxyl groups excluding tert-OH is 1. The summed E-state index contributed by atoms with van der Waals surface area (Å²) < 4.78 is 66.5. The van der Waals surface area contributed by atoms with Gasteiger partial charge >= 0.3 is 0 Å². The first-order valence-electron chi connectivity index (χ1n) is 8.16. The summed E-state index contributed by atoms with van der Waals surface area (Å²) in [6.07, 6.45) is 4.55. The molecule has 0 unspecified atom stereocenters. The Bertz CT molecular complexity index is 847. The Balaban J connectivity index is 2.32. The molecule has 27 heavy (non-hydrogen) atoms. The van der Waals surface area contributed by atoms with Crippen LogP contribution >= 0.6 is 0 Å². The molecule has 0 aliphatic carbocycles. The van der Waals surface area contributed by atoms with Gasteiger partial charge in [0, 0.05) is 0 Å². The van der Waals surface area contributed by atoms with E-state index in [2.05, 4.69) is 0 Å². The van der Waals surface area contributed by atoms with Crippen LogP contribution in [-0.4, -0.2) is 11.7 Å². The average Bonchev–Trinajstić information content (AvgIpc) is 2.66. The number of allylic oxidation sites excluding steroid dienone is 2. The molecular formula is C20H18F4O3. The first-order chi connectivity index (χ1) is 12.9. The van der Waals surface area contributed by atoms with Crippen molar-refractivity contribution in [2.45, 2.75) is 20.3 Å².